The van der Waals surface area contributed by atoms with Crippen molar-refractivity contribution in [3.63, 3.8) is 0 Å². The summed E-state index contributed by atoms with van der Waals surface area (Å²) in [4.78, 5) is 0. The lowest BCUT2D eigenvalue weighted by atomic mass is 9.94. The molecule has 0 saturated heterocycles. The highest BCUT2D eigenvalue weighted by Gasteiger charge is 2.14. The normalized spacial score (nSPS) is 10.2. The maximum absolute atomic E-state index is 5.89. The molecule has 0 saturated carbocycles. The average Bonchev–Trinajstić information content (AvgIpc) is 2.59. The number of benzene rings is 2. The molecule has 22 heavy (non-hydrogen) atoms. The topological polar surface area (TPSA) is 53.7 Å². The molecule has 0 unspecified atom stereocenters. The van der Waals surface area contributed by atoms with E-state index in [4.69, 9.17) is 19.9 Å². The largest absolute Gasteiger partial charge is 0.497 e. The van der Waals surface area contributed by atoms with Gasteiger partial charge in [-0.2, -0.15) is 0 Å². The molecule has 2 rings (SSSR count). The minimum absolute atomic E-state index is 0.414. The summed E-state index contributed by atoms with van der Waals surface area (Å²) in [7, 11) is 4.87. The summed E-state index contributed by atoms with van der Waals surface area (Å²) in [6.07, 6.45) is 0. The van der Waals surface area contributed by atoms with Gasteiger partial charge in [0, 0.05) is 12.1 Å². The molecule has 0 aliphatic carbocycles. The molecule has 4 heteroatoms. The van der Waals surface area contributed by atoms with Gasteiger partial charge in [0.2, 0.25) is 0 Å². The summed E-state index contributed by atoms with van der Waals surface area (Å²) in [6, 6.07) is 11.7. The van der Waals surface area contributed by atoms with E-state index >= 15 is 0 Å². The van der Waals surface area contributed by atoms with Gasteiger partial charge < -0.3 is 19.9 Å². The fraction of sp³-hybridized carbons (Fsp3) is 0.222. The van der Waals surface area contributed by atoms with Gasteiger partial charge in [0.05, 0.1) is 21.3 Å². The second kappa shape index (κ2) is 7.00. The van der Waals surface area contributed by atoms with Gasteiger partial charge in [0.15, 0.2) is 0 Å². The molecule has 0 heterocycles. The van der Waals surface area contributed by atoms with Crippen LogP contribution in [0.15, 0.2) is 43.0 Å². The van der Waals surface area contributed by atoms with E-state index in [0.717, 1.165) is 33.8 Å². The van der Waals surface area contributed by atoms with Crippen molar-refractivity contribution in [3.8, 4) is 22.6 Å². The molecule has 0 amide bonds. The first-order chi connectivity index (χ1) is 10.6. The minimum Gasteiger partial charge on any atom is -0.497 e. The maximum Gasteiger partial charge on any atom is 0.119 e. The van der Waals surface area contributed by atoms with E-state index in [0.29, 0.717) is 12.3 Å². The molecule has 0 atom stereocenters. The number of rotatable bonds is 6. The Labute approximate surface area is 131 Å². The van der Waals surface area contributed by atoms with E-state index in [1.54, 1.807) is 21.3 Å². The highest BCUT2D eigenvalue weighted by Crippen LogP contribution is 2.35. The first-order valence-electron chi connectivity index (χ1n) is 6.93. The van der Waals surface area contributed by atoms with Crippen molar-refractivity contribution in [2.75, 3.05) is 21.3 Å². The van der Waals surface area contributed by atoms with Crippen LogP contribution in [0, 0.1) is 0 Å². The molecule has 0 radical (unpaired) electrons. The van der Waals surface area contributed by atoms with Crippen LogP contribution in [0.25, 0.3) is 16.9 Å². The van der Waals surface area contributed by atoms with Gasteiger partial charge >= 0.3 is 0 Å². The molecular weight excluding hydrogens is 278 g/mol. The molecule has 4 nitrogen and oxygen atoms in total. The zero-order valence-corrected chi connectivity index (χ0v) is 13.2. The minimum atomic E-state index is 0.414. The number of hydrogen-bond donors (Lipinski definition) is 1. The van der Waals surface area contributed by atoms with E-state index in [1.807, 2.05) is 36.4 Å². The van der Waals surface area contributed by atoms with E-state index in [9.17, 15) is 0 Å². The highest BCUT2D eigenvalue weighted by atomic mass is 16.5. The number of methoxy groups -OCH3 is 3. The zero-order chi connectivity index (χ0) is 16.1. The molecule has 116 valence electrons. The van der Waals surface area contributed by atoms with Crippen molar-refractivity contribution in [1.29, 1.82) is 0 Å². The van der Waals surface area contributed by atoms with E-state index < -0.39 is 0 Å². The maximum atomic E-state index is 5.89. The van der Waals surface area contributed by atoms with Gasteiger partial charge in [-0.15, -0.1) is 0 Å². The van der Waals surface area contributed by atoms with Gasteiger partial charge in [0.25, 0.3) is 0 Å². The summed E-state index contributed by atoms with van der Waals surface area (Å²) >= 11 is 0. The van der Waals surface area contributed by atoms with Crippen LogP contribution in [0.5, 0.6) is 11.5 Å². The Hall–Kier alpha value is -2.46. The monoisotopic (exact) mass is 299 g/mol. The first-order valence-corrected chi connectivity index (χ1v) is 6.93. The summed E-state index contributed by atoms with van der Waals surface area (Å²) < 4.78 is 15.9. The molecule has 0 aliphatic heterocycles. The van der Waals surface area contributed by atoms with Crippen LogP contribution in [0.1, 0.15) is 11.1 Å². The predicted molar refractivity (Wildman–Crippen MR) is 88.9 cm³/mol. The van der Waals surface area contributed by atoms with Crippen LogP contribution >= 0.6 is 0 Å². The summed E-state index contributed by atoms with van der Waals surface area (Å²) in [6.45, 7) is 4.37. The molecule has 0 fully saturated rings. The zero-order valence-electron chi connectivity index (χ0n) is 13.2. The molecule has 0 aromatic heterocycles. The fourth-order valence-corrected chi connectivity index (χ4v) is 2.35. The average molecular weight is 299 g/mol. The van der Waals surface area contributed by atoms with Crippen molar-refractivity contribution in [3.05, 3.63) is 54.1 Å². The molecule has 0 aliphatic rings. The SMILES string of the molecule is C=C(OC)c1cc(OC)ccc1-c1ccc(OC)cc1CN. The Morgan fingerprint density at radius 3 is 2.09 bits per heavy atom. The van der Waals surface area contributed by atoms with E-state index in [-0.39, 0.29) is 0 Å². The van der Waals surface area contributed by atoms with E-state index in [2.05, 4.69) is 6.58 Å². The first kappa shape index (κ1) is 15.9. The Balaban J connectivity index is 2.63. The van der Waals surface area contributed by atoms with Crippen molar-refractivity contribution in [2.24, 2.45) is 5.73 Å². The standard InChI is InChI=1S/C18H21NO3/c1-12(20-2)18-10-15(22-4)6-8-17(18)16-7-5-14(21-3)9-13(16)11-19/h5-10H,1,11,19H2,2-4H3. The van der Waals surface area contributed by atoms with Crippen molar-refractivity contribution in [2.45, 2.75) is 6.54 Å². The van der Waals surface area contributed by atoms with Gasteiger partial charge in [0.1, 0.15) is 17.3 Å². The van der Waals surface area contributed by atoms with Crippen molar-refractivity contribution < 1.29 is 14.2 Å². The van der Waals surface area contributed by atoms with Gasteiger partial charge in [-0.05, 0) is 47.0 Å². The molecule has 0 bridgehead atoms. The number of ether oxygens (including phenoxy) is 3. The van der Waals surface area contributed by atoms with Crippen molar-refractivity contribution >= 4 is 5.76 Å². The lowest BCUT2D eigenvalue weighted by Gasteiger charge is -2.16. The predicted octanol–water partition coefficient (Wildman–Crippen LogP) is 3.45. The second-order valence-corrected chi connectivity index (χ2v) is 4.77. The Morgan fingerprint density at radius 2 is 1.55 bits per heavy atom. The third kappa shape index (κ3) is 3.07. The third-order valence-electron chi connectivity index (χ3n) is 3.60. The summed E-state index contributed by atoms with van der Waals surface area (Å²) in [5.41, 5.74) is 9.79. The molecular formula is C18H21NO3. The Bertz CT molecular complexity index is 680. The quantitative estimate of drug-likeness (QED) is 0.830. The number of nitrogens with two attached hydrogens (primary N) is 1. The molecule has 2 N–H and O–H groups in total. The lowest BCUT2D eigenvalue weighted by Crippen LogP contribution is -2.01. The molecule has 2 aromatic carbocycles. The summed E-state index contributed by atoms with van der Waals surface area (Å²) in [5.74, 6) is 2.11. The molecule has 0 spiro atoms. The highest BCUT2D eigenvalue weighted by molar-refractivity contribution is 5.81. The number of hydrogen-bond acceptors (Lipinski definition) is 4. The van der Waals surface area contributed by atoms with Crippen LogP contribution < -0.4 is 15.2 Å². The van der Waals surface area contributed by atoms with Crippen molar-refractivity contribution in [1.82, 2.24) is 0 Å². The van der Waals surface area contributed by atoms with Crippen LogP contribution in [0.4, 0.5) is 0 Å². The Kier molecular flexibility index (Phi) is 5.07. The van der Waals surface area contributed by atoms with Crippen LogP contribution in [-0.2, 0) is 11.3 Å². The van der Waals surface area contributed by atoms with Crippen LogP contribution in [0.2, 0.25) is 0 Å². The van der Waals surface area contributed by atoms with Crippen LogP contribution in [0.3, 0.4) is 0 Å². The smallest absolute Gasteiger partial charge is 0.119 e. The molecule has 2 aromatic rings. The van der Waals surface area contributed by atoms with E-state index in [1.165, 1.54) is 0 Å². The van der Waals surface area contributed by atoms with Gasteiger partial charge in [-0.25, -0.2) is 0 Å². The lowest BCUT2D eigenvalue weighted by molar-refractivity contribution is 0.370. The van der Waals surface area contributed by atoms with Gasteiger partial charge in [-0.3, -0.25) is 0 Å². The third-order valence-corrected chi connectivity index (χ3v) is 3.60. The Morgan fingerprint density at radius 1 is 0.955 bits per heavy atom. The fourth-order valence-electron chi connectivity index (χ4n) is 2.35. The van der Waals surface area contributed by atoms with Crippen LogP contribution in [-0.4, -0.2) is 21.3 Å². The second-order valence-electron chi connectivity index (χ2n) is 4.77. The van der Waals surface area contributed by atoms with Gasteiger partial charge in [-0.1, -0.05) is 12.6 Å². The summed E-state index contributed by atoms with van der Waals surface area (Å²) in [5, 5.41) is 0.